The van der Waals surface area contributed by atoms with Gasteiger partial charge in [-0.25, -0.2) is 4.39 Å². The number of benzene rings is 2. The summed E-state index contributed by atoms with van der Waals surface area (Å²) in [7, 11) is 0. The fraction of sp³-hybridized carbons (Fsp3) is 0.500. The number of aryl methyl sites for hydroxylation is 1. The highest BCUT2D eigenvalue weighted by Gasteiger charge is 2.40. The van der Waals surface area contributed by atoms with Gasteiger partial charge >= 0.3 is 6.18 Å². The Balaban J connectivity index is 1.60. The molecule has 0 aromatic heterocycles. The Bertz CT molecular complexity index is 841. The number of hydrogen-bond acceptors (Lipinski definition) is 3. The number of alkyl halides is 3. The zero-order chi connectivity index (χ0) is 22.4. The normalized spacial score (nSPS) is 19.3. The van der Waals surface area contributed by atoms with E-state index in [0.717, 1.165) is 18.6 Å². The molecule has 2 unspecified atom stereocenters. The summed E-state index contributed by atoms with van der Waals surface area (Å²) in [4.78, 5) is 0. The van der Waals surface area contributed by atoms with Crippen molar-refractivity contribution in [3.63, 3.8) is 0 Å². The smallest absolute Gasteiger partial charge is 0.422 e. The first-order valence-corrected chi connectivity index (χ1v) is 10.7. The molecule has 3 nitrogen and oxygen atoms in total. The Morgan fingerprint density at radius 2 is 1.68 bits per heavy atom. The van der Waals surface area contributed by atoms with Crippen LogP contribution in [0.3, 0.4) is 0 Å². The molecule has 0 saturated carbocycles. The summed E-state index contributed by atoms with van der Waals surface area (Å²) in [6, 6.07) is 10.5. The molecule has 31 heavy (non-hydrogen) atoms. The van der Waals surface area contributed by atoms with E-state index in [1.807, 2.05) is 31.2 Å². The van der Waals surface area contributed by atoms with E-state index in [0.29, 0.717) is 19.4 Å². The molecule has 170 valence electrons. The van der Waals surface area contributed by atoms with E-state index in [2.05, 4.69) is 0 Å². The lowest BCUT2D eigenvalue weighted by atomic mass is 9.88. The van der Waals surface area contributed by atoms with E-state index < -0.39 is 29.2 Å². The van der Waals surface area contributed by atoms with Gasteiger partial charge in [0.1, 0.15) is 22.9 Å². The number of hydrogen-bond donors (Lipinski definition) is 0. The predicted octanol–water partition coefficient (Wildman–Crippen LogP) is 6.54. The average Bonchev–Trinajstić information content (AvgIpc) is 2.73. The molecule has 3 rings (SSSR count). The molecule has 0 radical (unpaired) electrons. The van der Waals surface area contributed by atoms with Crippen LogP contribution in [0, 0.1) is 5.82 Å². The van der Waals surface area contributed by atoms with Crippen molar-refractivity contribution in [1.82, 2.24) is 0 Å². The highest BCUT2D eigenvalue weighted by Crippen LogP contribution is 2.42. The van der Waals surface area contributed by atoms with Gasteiger partial charge in [0.15, 0.2) is 0 Å². The standard InChI is InChI=1S/C24H28F4O3/c1-3-29-18-9-5-16(6-10-18)7-11-19-12-8-17(15-31-19)20-13-14-21(30-4-2)22(23(20)25)24(26,27)28/h5-6,9-10,13-14,17,19H,3-4,7-8,11-12,15H2,1-2H3. The molecule has 7 heteroatoms. The van der Waals surface area contributed by atoms with Gasteiger partial charge in [-0.3, -0.25) is 0 Å². The van der Waals surface area contributed by atoms with Gasteiger partial charge in [0.05, 0.1) is 25.9 Å². The zero-order valence-corrected chi connectivity index (χ0v) is 17.8. The monoisotopic (exact) mass is 440 g/mol. The molecule has 2 atom stereocenters. The van der Waals surface area contributed by atoms with Crippen LogP contribution in [-0.2, 0) is 17.3 Å². The molecule has 1 saturated heterocycles. The van der Waals surface area contributed by atoms with Crippen LogP contribution >= 0.6 is 0 Å². The third-order valence-corrected chi connectivity index (χ3v) is 5.52. The summed E-state index contributed by atoms with van der Waals surface area (Å²) in [5.41, 5.74) is -0.119. The lowest BCUT2D eigenvalue weighted by molar-refractivity contribution is -0.141. The SMILES string of the molecule is CCOc1ccc(CCC2CCC(c3ccc(OCC)c(C(F)(F)F)c3F)CO2)cc1. The van der Waals surface area contributed by atoms with Crippen LogP contribution in [0.5, 0.6) is 11.5 Å². The molecule has 1 heterocycles. The Morgan fingerprint density at radius 1 is 0.968 bits per heavy atom. The van der Waals surface area contributed by atoms with Crippen LogP contribution in [0.1, 0.15) is 55.7 Å². The van der Waals surface area contributed by atoms with Crippen molar-refractivity contribution < 1.29 is 31.8 Å². The zero-order valence-electron chi connectivity index (χ0n) is 17.8. The molecule has 2 aromatic rings. The second kappa shape index (κ2) is 10.4. The summed E-state index contributed by atoms with van der Waals surface area (Å²) in [6.07, 6.45) is -1.92. The van der Waals surface area contributed by atoms with Crippen LogP contribution in [0.2, 0.25) is 0 Å². The van der Waals surface area contributed by atoms with Gasteiger partial charge in [0.2, 0.25) is 0 Å². The first-order valence-electron chi connectivity index (χ1n) is 10.7. The predicted molar refractivity (Wildman–Crippen MR) is 110 cm³/mol. The summed E-state index contributed by atoms with van der Waals surface area (Å²) in [6.45, 7) is 4.36. The lowest BCUT2D eigenvalue weighted by Gasteiger charge is -2.30. The van der Waals surface area contributed by atoms with Crippen molar-refractivity contribution in [3.8, 4) is 11.5 Å². The van der Waals surface area contributed by atoms with Crippen LogP contribution in [-0.4, -0.2) is 25.9 Å². The fourth-order valence-corrected chi connectivity index (χ4v) is 3.96. The Labute approximate surface area is 180 Å². The summed E-state index contributed by atoms with van der Waals surface area (Å²) >= 11 is 0. The second-order valence-electron chi connectivity index (χ2n) is 7.62. The highest BCUT2D eigenvalue weighted by atomic mass is 19.4. The van der Waals surface area contributed by atoms with Gasteiger partial charge in [-0.15, -0.1) is 0 Å². The van der Waals surface area contributed by atoms with Crippen molar-refractivity contribution in [2.24, 2.45) is 0 Å². The van der Waals surface area contributed by atoms with Crippen LogP contribution in [0.15, 0.2) is 36.4 Å². The van der Waals surface area contributed by atoms with E-state index >= 15 is 0 Å². The van der Waals surface area contributed by atoms with E-state index in [-0.39, 0.29) is 24.9 Å². The molecular weight excluding hydrogens is 412 g/mol. The van der Waals surface area contributed by atoms with E-state index in [4.69, 9.17) is 14.2 Å². The van der Waals surface area contributed by atoms with Crippen molar-refractivity contribution in [1.29, 1.82) is 0 Å². The molecule has 2 aromatic carbocycles. The molecule has 1 aliphatic rings. The first-order chi connectivity index (χ1) is 14.8. The maximum atomic E-state index is 14.8. The molecule has 1 fully saturated rings. The van der Waals surface area contributed by atoms with Crippen molar-refractivity contribution in [2.75, 3.05) is 19.8 Å². The van der Waals surface area contributed by atoms with Gasteiger partial charge in [-0.2, -0.15) is 13.2 Å². The quantitative estimate of drug-likeness (QED) is 0.437. The highest BCUT2D eigenvalue weighted by molar-refractivity contribution is 5.42. The van der Waals surface area contributed by atoms with Gasteiger partial charge in [-0.1, -0.05) is 18.2 Å². The fourth-order valence-electron chi connectivity index (χ4n) is 3.96. The molecular formula is C24H28F4O3. The maximum absolute atomic E-state index is 14.8. The largest absolute Gasteiger partial charge is 0.494 e. The minimum Gasteiger partial charge on any atom is -0.494 e. The maximum Gasteiger partial charge on any atom is 0.422 e. The molecule has 1 aliphatic heterocycles. The lowest BCUT2D eigenvalue weighted by Crippen LogP contribution is -2.26. The third-order valence-electron chi connectivity index (χ3n) is 5.52. The molecule has 0 amide bonds. The van der Waals surface area contributed by atoms with Crippen molar-refractivity contribution >= 4 is 0 Å². The van der Waals surface area contributed by atoms with Crippen molar-refractivity contribution in [2.45, 2.75) is 57.7 Å². The van der Waals surface area contributed by atoms with Crippen LogP contribution in [0.4, 0.5) is 17.6 Å². The molecule has 0 spiro atoms. The minimum atomic E-state index is -4.82. The number of rotatable bonds is 8. The van der Waals surface area contributed by atoms with E-state index in [9.17, 15) is 17.6 Å². The van der Waals surface area contributed by atoms with E-state index in [1.54, 1.807) is 6.92 Å². The molecule has 0 aliphatic carbocycles. The Kier molecular flexibility index (Phi) is 7.81. The molecule has 0 N–H and O–H groups in total. The van der Waals surface area contributed by atoms with Crippen LogP contribution in [0.25, 0.3) is 0 Å². The van der Waals surface area contributed by atoms with Gasteiger partial charge < -0.3 is 14.2 Å². The Hall–Kier alpha value is -2.28. The second-order valence-corrected chi connectivity index (χ2v) is 7.62. The number of ether oxygens (including phenoxy) is 3. The summed E-state index contributed by atoms with van der Waals surface area (Å²) < 4.78 is 71.4. The van der Waals surface area contributed by atoms with Crippen LogP contribution < -0.4 is 9.47 Å². The van der Waals surface area contributed by atoms with Gasteiger partial charge in [-0.05, 0) is 68.9 Å². The van der Waals surface area contributed by atoms with E-state index in [1.165, 1.54) is 17.7 Å². The number of halogens is 4. The third kappa shape index (κ3) is 5.91. The van der Waals surface area contributed by atoms with Gasteiger partial charge in [0.25, 0.3) is 0 Å². The first kappa shape index (κ1) is 23.4. The topological polar surface area (TPSA) is 27.7 Å². The van der Waals surface area contributed by atoms with Gasteiger partial charge in [0, 0.05) is 5.92 Å². The van der Waals surface area contributed by atoms with Crippen molar-refractivity contribution in [3.05, 3.63) is 58.9 Å². The molecule has 0 bridgehead atoms. The minimum absolute atomic E-state index is 0.00987. The summed E-state index contributed by atoms with van der Waals surface area (Å²) in [5.74, 6) is -1.29. The average molecular weight is 440 g/mol. The Morgan fingerprint density at radius 3 is 2.26 bits per heavy atom. The summed E-state index contributed by atoms with van der Waals surface area (Å²) in [5, 5.41) is 0.